The van der Waals surface area contributed by atoms with Crippen molar-refractivity contribution in [3.63, 3.8) is 0 Å². The van der Waals surface area contributed by atoms with Crippen molar-refractivity contribution in [1.82, 2.24) is 4.98 Å². The van der Waals surface area contributed by atoms with Crippen LogP contribution in [-0.4, -0.2) is 12.1 Å². The second kappa shape index (κ2) is 6.55. The van der Waals surface area contributed by atoms with Crippen molar-refractivity contribution in [2.24, 2.45) is 0 Å². The molecular formula is C17H12N2O3S. The van der Waals surface area contributed by atoms with Crippen LogP contribution in [0.2, 0.25) is 0 Å². The Bertz CT molecular complexity index is 960. The highest BCUT2D eigenvalue weighted by molar-refractivity contribution is 7.98. The third kappa shape index (κ3) is 3.35. The van der Waals surface area contributed by atoms with Crippen LogP contribution in [0.3, 0.4) is 0 Å². The molecule has 2 heterocycles. The van der Waals surface area contributed by atoms with Crippen molar-refractivity contribution < 1.29 is 9.15 Å². The number of pyridine rings is 1. The average Bonchev–Trinajstić information content (AvgIpc) is 2.59. The highest BCUT2D eigenvalue weighted by Crippen LogP contribution is 2.27. The summed E-state index contributed by atoms with van der Waals surface area (Å²) in [5.41, 5.74) is 1.50. The van der Waals surface area contributed by atoms with Gasteiger partial charge in [-0.2, -0.15) is 5.26 Å². The zero-order valence-electron chi connectivity index (χ0n) is 12.3. The van der Waals surface area contributed by atoms with E-state index in [0.717, 1.165) is 16.0 Å². The van der Waals surface area contributed by atoms with E-state index in [-0.39, 0.29) is 0 Å². The molecule has 2 aromatic heterocycles. The summed E-state index contributed by atoms with van der Waals surface area (Å²) in [6.07, 6.45) is 1.60. The lowest BCUT2D eigenvalue weighted by Gasteiger charge is -2.06. The van der Waals surface area contributed by atoms with Gasteiger partial charge in [0.2, 0.25) is 0 Å². The SMILES string of the molecule is COc1ccc2c(CSc3cc(C#N)ccn3)cc(=O)oc2c1. The van der Waals surface area contributed by atoms with Crippen molar-refractivity contribution in [2.45, 2.75) is 10.8 Å². The largest absolute Gasteiger partial charge is 0.497 e. The Morgan fingerprint density at radius 2 is 2.17 bits per heavy atom. The summed E-state index contributed by atoms with van der Waals surface area (Å²) in [5, 5.41) is 10.5. The van der Waals surface area contributed by atoms with Crippen molar-refractivity contribution in [2.75, 3.05) is 7.11 Å². The number of rotatable bonds is 4. The molecule has 0 aliphatic heterocycles. The molecule has 114 valence electrons. The van der Waals surface area contributed by atoms with E-state index < -0.39 is 5.63 Å². The van der Waals surface area contributed by atoms with E-state index >= 15 is 0 Å². The Morgan fingerprint density at radius 3 is 2.96 bits per heavy atom. The summed E-state index contributed by atoms with van der Waals surface area (Å²) in [4.78, 5) is 16.0. The van der Waals surface area contributed by atoms with Crippen molar-refractivity contribution in [3.05, 3.63) is 64.1 Å². The fourth-order valence-corrected chi connectivity index (χ4v) is 3.05. The minimum absolute atomic E-state index is 0.403. The zero-order valence-corrected chi connectivity index (χ0v) is 13.1. The highest BCUT2D eigenvalue weighted by atomic mass is 32.2. The molecule has 0 saturated carbocycles. The quantitative estimate of drug-likeness (QED) is 0.541. The molecule has 0 aliphatic rings. The fraction of sp³-hybridized carbons (Fsp3) is 0.118. The minimum Gasteiger partial charge on any atom is -0.497 e. The highest BCUT2D eigenvalue weighted by Gasteiger charge is 2.08. The molecular weight excluding hydrogens is 312 g/mol. The van der Waals surface area contributed by atoms with Gasteiger partial charge in [0, 0.05) is 29.5 Å². The van der Waals surface area contributed by atoms with Crippen LogP contribution in [0.5, 0.6) is 5.75 Å². The maximum Gasteiger partial charge on any atom is 0.336 e. The number of hydrogen-bond acceptors (Lipinski definition) is 6. The summed E-state index contributed by atoms with van der Waals surface area (Å²) in [7, 11) is 1.56. The molecule has 3 aromatic rings. The molecule has 0 spiro atoms. The van der Waals surface area contributed by atoms with Crippen molar-refractivity contribution >= 4 is 22.7 Å². The smallest absolute Gasteiger partial charge is 0.336 e. The standard InChI is InChI=1S/C17H12N2O3S/c1-21-13-2-3-14-12(7-17(20)22-15(14)8-13)10-23-16-6-11(9-18)4-5-19-16/h2-8H,10H2,1H3. The summed E-state index contributed by atoms with van der Waals surface area (Å²) in [6.45, 7) is 0. The summed E-state index contributed by atoms with van der Waals surface area (Å²) < 4.78 is 10.4. The number of thioether (sulfide) groups is 1. The lowest BCUT2D eigenvalue weighted by molar-refractivity contribution is 0.414. The number of nitrogens with zero attached hydrogens (tertiary/aromatic N) is 2. The molecule has 1 aromatic carbocycles. The Labute approximate surface area is 136 Å². The van der Waals surface area contributed by atoms with Crippen LogP contribution in [0, 0.1) is 11.3 Å². The maximum absolute atomic E-state index is 11.7. The number of aromatic nitrogens is 1. The van der Waals surface area contributed by atoms with Crippen LogP contribution in [0.25, 0.3) is 11.0 Å². The second-order valence-corrected chi connectivity index (χ2v) is 5.73. The van der Waals surface area contributed by atoms with Gasteiger partial charge in [-0.25, -0.2) is 9.78 Å². The normalized spacial score (nSPS) is 10.4. The van der Waals surface area contributed by atoms with Gasteiger partial charge in [0.25, 0.3) is 0 Å². The van der Waals surface area contributed by atoms with Crippen molar-refractivity contribution in [1.29, 1.82) is 5.26 Å². The number of benzene rings is 1. The van der Waals surface area contributed by atoms with Gasteiger partial charge >= 0.3 is 5.63 Å². The monoisotopic (exact) mass is 324 g/mol. The van der Waals surface area contributed by atoms with Gasteiger partial charge < -0.3 is 9.15 Å². The third-order valence-electron chi connectivity index (χ3n) is 3.28. The van der Waals surface area contributed by atoms with Crippen LogP contribution < -0.4 is 10.4 Å². The van der Waals surface area contributed by atoms with E-state index in [9.17, 15) is 4.79 Å². The van der Waals surface area contributed by atoms with Crippen LogP contribution in [-0.2, 0) is 5.75 Å². The van der Waals surface area contributed by atoms with E-state index in [4.69, 9.17) is 14.4 Å². The first kappa shape index (κ1) is 15.1. The van der Waals surface area contributed by atoms with Crippen LogP contribution >= 0.6 is 11.8 Å². The molecule has 0 N–H and O–H groups in total. The van der Waals surface area contributed by atoms with Crippen LogP contribution in [0.15, 0.2) is 56.8 Å². The van der Waals surface area contributed by atoms with Gasteiger partial charge in [-0.05, 0) is 29.8 Å². The summed E-state index contributed by atoms with van der Waals surface area (Å²) in [5.74, 6) is 1.19. The Morgan fingerprint density at radius 1 is 1.30 bits per heavy atom. The Kier molecular flexibility index (Phi) is 4.31. The lowest BCUT2D eigenvalue weighted by Crippen LogP contribution is -2.00. The molecule has 0 unspecified atom stereocenters. The summed E-state index contributed by atoms with van der Waals surface area (Å²) in [6, 6.07) is 12.3. The predicted molar refractivity (Wildman–Crippen MR) is 87.5 cm³/mol. The Balaban J connectivity index is 1.93. The van der Waals surface area contributed by atoms with Gasteiger partial charge in [-0.15, -0.1) is 11.8 Å². The molecule has 0 fully saturated rings. The van der Waals surface area contributed by atoms with Crippen LogP contribution in [0.4, 0.5) is 0 Å². The maximum atomic E-state index is 11.7. The van der Waals surface area contributed by atoms with Gasteiger partial charge in [0.15, 0.2) is 0 Å². The molecule has 6 heteroatoms. The van der Waals surface area contributed by atoms with Gasteiger partial charge in [0.05, 0.1) is 23.8 Å². The molecule has 0 bridgehead atoms. The first-order chi connectivity index (χ1) is 11.2. The van der Waals surface area contributed by atoms with E-state index in [2.05, 4.69) is 11.1 Å². The zero-order chi connectivity index (χ0) is 16.2. The van der Waals surface area contributed by atoms with Crippen molar-refractivity contribution in [3.8, 4) is 11.8 Å². The van der Waals surface area contributed by atoms with Gasteiger partial charge in [-0.1, -0.05) is 0 Å². The number of hydrogen-bond donors (Lipinski definition) is 0. The molecule has 0 atom stereocenters. The number of ether oxygens (including phenoxy) is 1. The first-order valence-corrected chi connectivity index (χ1v) is 7.78. The molecule has 0 amide bonds. The van der Waals surface area contributed by atoms with E-state index in [1.54, 1.807) is 31.5 Å². The van der Waals surface area contributed by atoms with Gasteiger partial charge in [-0.3, -0.25) is 0 Å². The van der Waals surface area contributed by atoms with E-state index in [1.165, 1.54) is 17.8 Å². The topological polar surface area (TPSA) is 76.1 Å². The summed E-state index contributed by atoms with van der Waals surface area (Å²) >= 11 is 1.46. The molecule has 0 radical (unpaired) electrons. The average molecular weight is 324 g/mol. The second-order valence-electron chi connectivity index (χ2n) is 4.74. The molecule has 0 saturated heterocycles. The molecule has 3 rings (SSSR count). The molecule has 0 aliphatic carbocycles. The number of methoxy groups -OCH3 is 1. The number of fused-ring (bicyclic) bond motifs is 1. The van der Waals surface area contributed by atoms with E-state index in [1.807, 2.05) is 12.1 Å². The minimum atomic E-state index is -0.403. The van der Waals surface area contributed by atoms with E-state index in [0.29, 0.717) is 22.6 Å². The van der Waals surface area contributed by atoms with Crippen LogP contribution in [0.1, 0.15) is 11.1 Å². The molecule has 23 heavy (non-hydrogen) atoms. The number of nitriles is 1. The first-order valence-electron chi connectivity index (χ1n) is 6.79. The Hall–Kier alpha value is -2.78. The lowest BCUT2D eigenvalue weighted by atomic mass is 10.1. The predicted octanol–water partition coefficient (Wildman–Crippen LogP) is 3.36. The third-order valence-corrected chi connectivity index (χ3v) is 4.25. The molecule has 5 nitrogen and oxygen atoms in total. The fourth-order valence-electron chi connectivity index (χ4n) is 2.17. The van der Waals surface area contributed by atoms with Gasteiger partial charge in [0.1, 0.15) is 11.3 Å².